The Bertz CT molecular complexity index is 327. The molecule has 0 radical (unpaired) electrons. The van der Waals surface area contributed by atoms with E-state index in [0.717, 1.165) is 31.0 Å². The van der Waals surface area contributed by atoms with Gasteiger partial charge in [0.2, 0.25) is 0 Å². The van der Waals surface area contributed by atoms with Crippen molar-refractivity contribution in [1.82, 2.24) is 25.1 Å². The zero-order valence-corrected chi connectivity index (χ0v) is 10.9. The number of rotatable bonds is 5. The SMILES string of the molecule is Cc1[nH]cnc1CNCCN1CCN(C)CC1. The first-order valence-corrected chi connectivity index (χ1v) is 6.36. The number of nitrogens with zero attached hydrogens (tertiary/aromatic N) is 3. The van der Waals surface area contributed by atoms with Crippen molar-refractivity contribution in [3.8, 4) is 0 Å². The van der Waals surface area contributed by atoms with Crippen molar-refractivity contribution in [2.45, 2.75) is 13.5 Å². The maximum absolute atomic E-state index is 4.27. The van der Waals surface area contributed by atoms with E-state index in [2.05, 4.69) is 39.1 Å². The lowest BCUT2D eigenvalue weighted by Gasteiger charge is -2.32. The predicted molar refractivity (Wildman–Crippen MR) is 69.0 cm³/mol. The van der Waals surface area contributed by atoms with Crippen molar-refractivity contribution >= 4 is 0 Å². The third kappa shape index (κ3) is 3.80. The third-order valence-corrected chi connectivity index (χ3v) is 3.43. The van der Waals surface area contributed by atoms with Gasteiger partial charge < -0.3 is 15.2 Å². The third-order valence-electron chi connectivity index (χ3n) is 3.43. The summed E-state index contributed by atoms with van der Waals surface area (Å²) in [6.45, 7) is 9.87. The number of aromatic nitrogens is 2. The summed E-state index contributed by atoms with van der Waals surface area (Å²) in [4.78, 5) is 12.3. The molecular formula is C12H23N5. The number of H-pyrrole nitrogens is 1. The maximum Gasteiger partial charge on any atom is 0.0925 e. The molecule has 0 atom stereocenters. The highest BCUT2D eigenvalue weighted by atomic mass is 15.2. The molecule has 5 nitrogen and oxygen atoms in total. The van der Waals surface area contributed by atoms with Crippen LogP contribution in [0.1, 0.15) is 11.4 Å². The molecule has 0 unspecified atom stereocenters. The second-order valence-corrected chi connectivity index (χ2v) is 4.80. The van der Waals surface area contributed by atoms with E-state index in [1.165, 1.54) is 26.2 Å². The van der Waals surface area contributed by atoms with E-state index in [4.69, 9.17) is 0 Å². The van der Waals surface area contributed by atoms with Gasteiger partial charge in [-0.1, -0.05) is 0 Å². The summed E-state index contributed by atoms with van der Waals surface area (Å²) in [5.74, 6) is 0. The number of likely N-dealkylation sites (N-methyl/N-ethyl adjacent to an activating group) is 1. The number of hydrogen-bond donors (Lipinski definition) is 2. The minimum absolute atomic E-state index is 0.864. The molecule has 0 bridgehead atoms. The quantitative estimate of drug-likeness (QED) is 0.711. The summed E-state index contributed by atoms with van der Waals surface area (Å²) < 4.78 is 0. The van der Waals surface area contributed by atoms with Crippen LogP contribution in [0.5, 0.6) is 0 Å². The molecule has 2 heterocycles. The van der Waals surface area contributed by atoms with Gasteiger partial charge in [-0.05, 0) is 14.0 Å². The number of piperazine rings is 1. The zero-order valence-electron chi connectivity index (χ0n) is 10.9. The second kappa shape index (κ2) is 6.14. The van der Waals surface area contributed by atoms with Crippen LogP contribution in [-0.2, 0) is 6.54 Å². The molecule has 0 aromatic carbocycles. The summed E-state index contributed by atoms with van der Waals surface area (Å²) in [5, 5.41) is 3.45. The highest BCUT2D eigenvalue weighted by molar-refractivity contribution is 5.07. The van der Waals surface area contributed by atoms with Crippen molar-refractivity contribution in [2.24, 2.45) is 0 Å². The van der Waals surface area contributed by atoms with E-state index in [9.17, 15) is 0 Å². The van der Waals surface area contributed by atoms with Crippen LogP contribution in [0.25, 0.3) is 0 Å². The first-order valence-electron chi connectivity index (χ1n) is 6.36. The summed E-state index contributed by atoms with van der Waals surface area (Å²) in [6.07, 6.45) is 1.76. The number of aromatic amines is 1. The van der Waals surface area contributed by atoms with E-state index in [-0.39, 0.29) is 0 Å². The standard InChI is InChI=1S/C12H23N5/c1-11-12(15-10-14-11)9-13-3-4-17-7-5-16(2)6-8-17/h10,13H,3-9H2,1-2H3,(H,14,15). The lowest BCUT2D eigenvalue weighted by molar-refractivity contribution is 0.154. The summed E-state index contributed by atoms with van der Waals surface area (Å²) in [7, 11) is 2.19. The molecule has 2 N–H and O–H groups in total. The molecule has 0 amide bonds. The molecule has 1 saturated heterocycles. The summed E-state index contributed by atoms with van der Waals surface area (Å²) in [5.41, 5.74) is 2.29. The Morgan fingerprint density at radius 3 is 2.76 bits per heavy atom. The Hall–Kier alpha value is -0.910. The van der Waals surface area contributed by atoms with Gasteiger partial charge >= 0.3 is 0 Å². The van der Waals surface area contributed by atoms with Gasteiger partial charge in [0.25, 0.3) is 0 Å². The topological polar surface area (TPSA) is 47.2 Å². The molecule has 0 saturated carbocycles. The van der Waals surface area contributed by atoms with E-state index in [0.29, 0.717) is 0 Å². The average Bonchev–Trinajstić information content (AvgIpc) is 2.73. The fourth-order valence-corrected chi connectivity index (χ4v) is 2.08. The fourth-order valence-electron chi connectivity index (χ4n) is 2.08. The maximum atomic E-state index is 4.27. The summed E-state index contributed by atoms with van der Waals surface area (Å²) >= 11 is 0. The van der Waals surface area contributed by atoms with Crippen molar-refractivity contribution in [3.63, 3.8) is 0 Å². The molecule has 0 aliphatic carbocycles. The molecule has 1 aromatic heterocycles. The van der Waals surface area contributed by atoms with Crippen LogP contribution in [0.3, 0.4) is 0 Å². The van der Waals surface area contributed by atoms with Gasteiger partial charge in [0.15, 0.2) is 0 Å². The Morgan fingerprint density at radius 2 is 2.12 bits per heavy atom. The Balaban J connectivity index is 1.59. The van der Waals surface area contributed by atoms with Gasteiger partial charge in [0, 0.05) is 51.5 Å². The highest BCUT2D eigenvalue weighted by Crippen LogP contribution is 2.00. The first-order chi connectivity index (χ1) is 8.25. The Labute approximate surface area is 103 Å². The van der Waals surface area contributed by atoms with Crippen LogP contribution >= 0.6 is 0 Å². The lowest BCUT2D eigenvalue weighted by Crippen LogP contribution is -2.46. The van der Waals surface area contributed by atoms with Gasteiger partial charge in [-0.2, -0.15) is 0 Å². The molecule has 0 spiro atoms. The average molecular weight is 237 g/mol. The fraction of sp³-hybridized carbons (Fsp3) is 0.750. The van der Waals surface area contributed by atoms with Gasteiger partial charge in [-0.3, -0.25) is 4.90 Å². The monoisotopic (exact) mass is 237 g/mol. The highest BCUT2D eigenvalue weighted by Gasteiger charge is 2.12. The largest absolute Gasteiger partial charge is 0.348 e. The van der Waals surface area contributed by atoms with Crippen molar-refractivity contribution < 1.29 is 0 Å². The molecule has 1 fully saturated rings. The first kappa shape index (κ1) is 12.5. The molecule has 5 heteroatoms. The van der Waals surface area contributed by atoms with Gasteiger partial charge in [0.05, 0.1) is 12.0 Å². The van der Waals surface area contributed by atoms with Crippen molar-refractivity contribution in [1.29, 1.82) is 0 Å². The van der Waals surface area contributed by atoms with Crippen LogP contribution in [0.2, 0.25) is 0 Å². The van der Waals surface area contributed by atoms with Crippen LogP contribution in [0, 0.1) is 6.92 Å². The normalized spacial score (nSPS) is 18.7. The predicted octanol–water partition coefficient (Wildman–Crippen LogP) is 0.0551. The molecule has 96 valence electrons. The minimum Gasteiger partial charge on any atom is -0.348 e. The molecular weight excluding hydrogens is 214 g/mol. The molecule has 1 aliphatic heterocycles. The molecule has 1 aliphatic rings. The summed E-state index contributed by atoms with van der Waals surface area (Å²) in [6, 6.07) is 0. The van der Waals surface area contributed by atoms with Crippen LogP contribution in [0.15, 0.2) is 6.33 Å². The van der Waals surface area contributed by atoms with Gasteiger partial charge in [0.1, 0.15) is 0 Å². The Morgan fingerprint density at radius 1 is 1.35 bits per heavy atom. The number of aryl methyl sites for hydroxylation is 1. The van der Waals surface area contributed by atoms with E-state index < -0.39 is 0 Å². The lowest BCUT2D eigenvalue weighted by atomic mass is 10.3. The van der Waals surface area contributed by atoms with Crippen molar-refractivity contribution in [2.75, 3.05) is 46.3 Å². The van der Waals surface area contributed by atoms with E-state index in [1.807, 2.05) is 0 Å². The van der Waals surface area contributed by atoms with Crippen LogP contribution < -0.4 is 5.32 Å². The smallest absolute Gasteiger partial charge is 0.0925 e. The van der Waals surface area contributed by atoms with E-state index in [1.54, 1.807) is 6.33 Å². The number of nitrogens with one attached hydrogen (secondary N) is 2. The second-order valence-electron chi connectivity index (χ2n) is 4.80. The number of hydrogen-bond acceptors (Lipinski definition) is 4. The molecule has 17 heavy (non-hydrogen) atoms. The van der Waals surface area contributed by atoms with Crippen LogP contribution in [0.4, 0.5) is 0 Å². The zero-order chi connectivity index (χ0) is 12.1. The molecule has 1 aromatic rings. The van der Waals surface area contributed by atoms with Crippen LogP contribution in [-0.4, -0.2) is 66.1 Å². The Kier molecular flexibility index (Phi) is 4.53. The minimum atomic E-state index is 0.864. The molecule has 2 rings (SSSR count). The van der Waals surface area contributed by atoms with Crippen molar-refractivity contribution in [3.05, 3.63) is 17.7 Å². The van der Waals surface area contributed by atoms with E-state index >= 15 is 0 Å². The number of imidazole rings is 1. The van der Waals surface area contributed by atoms with Gasteiger partial charge in [-0.25, -0.2) is 4.98 Å². The van der Waals surface area contributed by atoms with Gasteiger partial charge in [-0.15, -0.1) is 0 Å².